The van der Waals surface area contributed by atoms with Gasteiger partial charge in [-0.15, -0.1) is 0 Å². The van der Waals surface area contributed by atoms with Crippen LogP contribution in [0.2, 0.25) is 0 Å². The zero-order valence-corrected chi connectivity index (χ0v) is 14.1. The summed E-state index contributed by atoms with van der Waals surface area (Å²) in [6, 6.07) is 9.62. The Hall–Kier alpha value is -2.63. The van der Waals surface area contributed by atoms with Gasteiger partial charge in [-0.1, -0.05) is 19.1 Å². The Morgan fingerprint density at radius 3 is 2.75 bits per heavy atom. The molecule has 1 aromatic heterocycles. The number of rotatable bonds is 7. The highest BCUT2D eigenvalue weighted by Gasteiger charge is 2.01. The fourth-order valence-corrected chi connectivity index (χ4v) is 1.97. The second-order valence-electron chi connectivity index (χ2n) is 5.19. The van der Waals surface area contributed by atoms with Gasteiger partial charge in [0.25, 0.3) is 0 Å². The summed E-state index contributed by atoms with van der Waals surface area (Å²) in [6.45, 7) is 6.35. The van der Waals surface area contributed by atoms with Crippen molar-refractivity contribution in [1.82, 2.24) is 15.6 Å². The second-order valence-corrected chi connectivity index (χ2v) is 5.19. The van der Waals surface area contributed by atoms with Gasteiger partial charge >= 0.3 is 0 Å². The standard InChI is InChI=1S/C18H23FN4O/c1-3-10-21-18(20-4-2)23-13-14-8-9-17(22-12-14)24-16-7-5-6-15(19)11-16/h5-9,11-12H,3-4,10,13H2,1-2H3,(H2,20,21,23). The van der Waals surface area contributed by atoms with Crippen molar-refractivity contribution in [2.24, 2.45) is 4.99 Å². The number of halogens is 1. The van der Waals surface area contributed by atoms with Crippen molar-refractivity contribution in [2.45, 2.75) is 26.8 Å². The van der Waals surface area contributed by atoms with Crippen molar-refractivity contribution in [3.8, 4) is 11.6 Å². The highest BCUT2D eigenvalue weighted by atomic mass is 19.1. The number of pyridine rings is 1. The maximum absolute atomic E-state index is 13.1. The number of hydrogen-bond donors (Lipinski definition) is 2. The van der Waals surface area contributed by atoms with E-state index in [1.807, 2.05) is 13.0 Å². The first-order valence-electron chi connectivity index (χ1n) is 8.11. The Kier molecular flexibility index (Phi) is 7.01. The Morgan fingerprint density at radius 1 is 1.21 bits per heavy atom. The van der Waals surface area contributed by atoms with Crippen LogP contribution in [-0.2, 0) is 6.54 Å². The molecular weight excluding hydrogens is 307 g/mol. The van der Waals surface area contributed by atoms with Crippen LogP contribution in [0.25, 0.3) is 0 Å². The van der Waals surface area contributed by atoms with Gasteiger partial charge in [0.05, 0.1) is 6.54 Å². The molecule has 0 aliphatic rings. The quantitative estimate of drug-likeness (QED) is 0.603. The van der Waals surface area contributed by atoms with Crippen molar-refractivity contribution in [1.29, 1.82) is 0 Å². The van der Waals surface area contributed by atoms with E-state index in [1.54, 1.807) is 24.4 Å². The number of aliphatic imine (C=N–C) groups is 1. The summed E-state index contributed by atoms with van der Waals surface area (Å²) in [7, 11) is 0. The zero-order valence-electron chi connectivity index (χ0n) is 14.1. The van der Waals surface area contributed by atoms with E-state index in [0.29, 0.717) is 18.2 Å². The van der Waals surface area contributed by atoms with Gasteiger partial charge < -0.3 is 15.4 Å². The molecule has 0 saturated carbocycles. The lowest BCUT2D eigenvalue weighted by Gasteiger charge is -2.10. The van der Waals surface area contributed by atoms with Crippen molar-refractivity contribution in [2.75, 3.05) is 13.1 Å². The molecule has 0 aliphatic heterocycles. The van der Waals surface area contributed by atoms with Crippen LogP contribution in [0.15, 0.2) is 47.6 Å². The first-order valence-corrected chi connectivity index (χ1v) is 8.11. The Labute approximate surface area is 142 Å². The number of ether oxygens (including phenoxy) is 1. The fourth-order valence-electron chi connectivity index (χ4n) is 1.97. The molecule has 2 aromatic rings. The average Bonchev–Trinajstić information content (AvgIpc) is 2.59. The predicted octanol–water partition coefficient (Wildman–Crippen LogP) is 3.48. The van der Waals surface area contributed by atoms with Crippen molar-refractivity contribution in [3.63, 3.8) is 0 Å². The molecule has 0 bridgehead atoms. The molecule has 0 radical (unpaired) electrons. The number of hydrogen-bond acceptors (Lipinski definition) is 3. The van der Waals surface area contributed by atoms with Crippen LogP contribution in [0.3, 0.4) is 0 Å². The summed E-state index contributed by atoms with van der Waals surface area (Å²) < 4.78 is 18.7. The molecule has 0 atom stereocenters. The van der Waals surface area contributed by atoms with Gasteiger partial charge in [-0.25, -0.2) is 14.4 Å². The normalized spacial score (nSPS) is 11.2. The molecule has 0 aliphatic carbocycles. The van der Waals surface area contributed by atoms with Crippen LogP contribution in [0.4, 0.5) is 4.39 Å². The minimum absolute atomic E-state index is 0.339. The van der Waals surface area contributed by atoms with E-state index in [1.165, 1.54) is 12.1 Å². The first-order chi connectivity index (χ1) is 11.7. The summed E-state index contributed by atoms with van der Waals surface area (Å²) >= 11 is 0. The Morgan fingerprint density at radius 2 is 2.08 bits per heavy atom. The maximum Gasteiger partial charge on any atom is 0.219 e. The lowest BCUT2D eigenvalue weighted by atomic mass is 10.3. The van der Waals surface area contributed by atoms with E-state index in [4.69, 9.17) is 4.74 Å². The molecule has 1 aromatic carbocycles. The zero-order chi connectivity index (χ0) is 17.2. The highest BCUT2D eigenvalue weighted by molar-refractivity contribution is 5.79. The second kappa shape index (κ2) is 9.50. The summed E-state index contributed by atoms with van der Waals surface area (Å²) in [4.78, 5) is 8.75. The van der Waals surface area contributed by atoms with E-state index >= 15 is 0 Å². The van der Waals surface area contributed by atoms with Crippen LogP contribution in [0.5, 0.6) is 11.6 Å². The van der Waals surface area contributed by atoms with Gasteiger partial charge in [0.1, 0.15) is 11.6 Å². The summed E-state index contributed by atoms with van der Waals surface area (Å²) in [5, 5.41) is 6.44. The average molecular weight is 330 g/mol. The van der Waals surface area contributed by atoms with Crippen LogP contribution in [-0.4, -0.2) is 24.0 Å². The van der Waals surface area contributed by atoms with Crippen LogP contribution in [0.1, 0.15) is 25.8 Å². The summed E-state index contributed by atoms with van der Waals surface area (Å²) in [5.74, 6) is 1.30. The Balaban J connectivity index is 1.95. The molecular formula is C18H23FN4O. The molecule has 2 rings (SSSR count). The van der Waals surface area contributed by atoms with Gasteiger partial charge in [-0.2, -0.15) is 0 Å². The summed E-state index contributed by atoms with van der Waals surface area (Å²) in [6.07, 6.45) is 2.75. The van der Waals surface area contributed by atoms with E-state index in [2.05, 4.69) is 27.5 Å². The van der Waals surface area contributed by atoms with E-state index < -0.39 is 0 Å². The molecule has 0 fully saturated rings. The molecule has 2 N–H and O–H groups in total. The number of nitrogens with one attached hydrogen (secondary N) is 2. The SMILES string of the molecule is CCCNC(=NCc1ccc(Oc2cccc(F)c2)nc1)NCC. The van der Waals surface area contributed by atoms with Crippen molar-refractivity contribution in [3.05, 3.63) is 54.0 Å². The minimum Gasteiger partial charge on any atom is -0.439 e. The van der Waals surface area contributed by atoms with Gasteiger partial charge in [-0.05, 0) is 31.0 Å². The van der Waals surface area contributed by atoms with Gasteiger partial charge in [0.2, 0.25) is 5.88 Å². The number of benzene rings is 1. The predicted molar refractivity (Wildman–Crippen MR) is 93.8 cm³/mol. The van der Waals surface area contributed by atoms with E-state index in [-0.39, 0.29) is 5.82 Å². The van der Waals surface area contributed by atoms with Crippen molar-refractivity contribution >= 4 is 5.96 Å². The third kappa shape index (κ3) is 5.87. The topological polar surface area (TPSA) is 58.5 Å². The van der Waals surface area contributed by atoms with E-state index in [0.717, 1.165) is 31.0 Å². The summed E-state index contributed by atoms with van der Waals surface area (Å²) in [5.41, 5.74) is 0.968. The first kappa shape index (κ1) is 17.7. The molecule has 0 spiro atoms. The molecule has 24 heavy (non-hydrogen) atoms. The molecule has 0 amide bonds. The third-order valence-corrected chi connectivity index (χ3v) is 3.12. The number of nitrogens with zero attached hydrogens (tertiary/aromatic N) is 2. The molecule has 1 heterocycles. The molecule has 0 saturated heterocycles. The molecule has 6 heteroatoms. The van der Waals surface area contributed by atoms with E-state index in [9.17, 15) is 4.39 Å². The van der Waals surface area contributed by atoms with Gasteiger partial charge in [-0.3, -0.25) is 0 Å². The number of guanidine groups is 1. The molecule has 5 nitrogen and oxygen atoms in total. The van der Waals surface area contributed by atoms with Crippen LogP contribution < -0.4 is 15.4 Å². The lowest BCUT2D eigenvalue weighted by Crippen LogP contribution is -2.37. The largest absolute Gasteiger partial charge is 0.439 e. The fraction of sp³-hybridized carbons (Fsp3) is 0.333. The highest BCUT2D eigenvalue weighted by Crippen LogP contribution is 2.20. The van der Waals surface area contributed by atoms with Crippen LogP contribution in [0, 0.1) is 5.82 Å². The van der Waals surface area contributed by atoms with Crippen LogP contribution >= 0.6 is 0 Å². The smallest absolute Gasteiger partial charge is 0.219 e. The maximum atomic E-state index is 13.1. The molecule has 0 unspecified atom stereocenters. The monoisotopic (exact) mass is 330 g/mol. The van der Waals surface area contributed by atoms with Gasteiger partial charge in [0, 0.05) is 31.4 Å². The number of aromatic nitrogens is 1. The minimum atomic E-state index is -0.339. The molecule has 128 valence electrons. The van der Waals surface area contributed by atoms with Gasteiger partial charge in [0.15, 0.2) is 5.96 Å². The third-order valence-electron chi connectivity index (χ3n) is 3.12. The van der Waals surface area contributed by atoms with Crippen molar-refractivity contribution < 1.29 is 9.13 Å². The lowest BCUT2D eigenvalue weighted by molar-refractivity contribution is 0.457. The Bertz CT molecular complexity index is 658.